The number of para-hydroxylation sites is 1. The first-order valence-corrected chi connectivity index (χ1v) is 11.0. The monoisotopic (exact) mass is 476 g/mol. The van der Waals surface area contributed by atoms with E-state index in [-0.39, 0.29) is 15.7 Å². The van der Waals surface area contributed by atoms with E-state index < -0.39 is 18.5 Å². The van der Waals surface area contributed by atoms with Gasteiger partial charge in [-0.25, -0.2) is 4.79 Å². The Morgan fingerprint density at radius 2 is 1.87 bits per heavy atom. The summed E-state index contributed by atoms with van der Waals surface area (Å²) in [4.78, 5) is 30.2. The maximum Gasteiger partial charge on any atom is 0.339 e. The second kappa shape index (κ2) is 9.03. The smallest absolute Gasteiger partial charge is 0.339 e. The number of aryl methyl sites for hydroxylation is 1. The number of carbonyl (C=O) groups excluding carboxylic acids is 2. The highest BCUT2D eigenvalue weighted by Crippen LogP contribution is 2.34. The van der Waals surface area contributed by atoms with Crippen molar-refractivity contribution in [2.24, 2.45) is 5.92 Å². The quantitative estimate of drug-likeness (QED) is 0.460. The third kappa shape index (κ3) is 4.64. The molecule has 8 heteroatoms. The number of aromatic nitrogens is 1. The number of rotatable bonds is 4. The highest BCUT2D eigenvalue weighted by Gasteiger charge is 2.26. The van der Waals surface area contributed by atoms with Gasteiger partial charge >= 0.3 is 5.97 Å². The second-order valence-electron chi connectivity index (χ2n) is 7.65. The largest absolute Gasteiger partial charge is 0.452 e. The van der Waals surface area contributed by atoms with Crippen molar-refractivity contribution in [2.75, 3.05) is 11.9 Å². The van der Waals surface area contributed by atoms with E-state index in [1.165, 1.54) is 12.1 Å². The molecule has 0 aliphatic heterocycles. The van der Waals surface area contributed by atoms with Crippen LogP contribution in [0.15, 0.2) is 36.4 Å². The number of nitrogens with zero attached hydrogens (tertiary/aromatic N) is 1. The zero-order valence-corrected chi connectivity index (χ0v) is 18.9. The molecule has 0 radical (unpaired) electrons. The topological polar surface area (TPSA) is 68.3 Å². The van der Waals surface area contributed by atoms with Crippen LogP contribution in [0.25, 0.3) is 10.9 Å². The minimum atomic E-state index is -0.555. The van der Waals surface area contributed by atoms with Crippen LogP contribution in [0.5, 0.6) is 0 Å². The number of halogens is 3. The van der Waals surface area contributed by atoms with Crippen molar-refractivity contribution in [3.8, 4) is 0 Å². The number of ether oxygens (including phenoxy) is 1. The highest BCUT2D eigenvalue weighted by molar-refractivity contribution is 6.42. The van der Waals surface area contributed by atoms with E-state index in [9.17, 15) is 9.59 Å². The first-order valence-electron chi connectivity index (χ1n) is 9.85. The summed E-state index contributed by atoms with van der Waals surface area (Å²) in [6, 6.07) is 10.4. The van der Waals surface area contributed by atoms with Gasteiger partial charge in [-0.05, 0) is 48.9 Å². The fourth-order valence-corrected chi connectivity index (χ4v) is 4.75. The van der Waals surface area contributed by atoms with Crippen molar-refractivity contribution in [1.82, 2.24) is 4.98 Å². The summed E-state index contributed by atoms with van der Waals surface area (Å²) in [6.45, 7) is 1.68. The van der Waals surface area contributed by atoms with Crippen LogP contribution < -0.4 is 5.32 Å². The summed E-state index contributed by atoms with van der Waals surface area (Å²) in [5, 5.41) is 4.03. The van der Waals surface area contributed by atoms with Crippen LogP contribution in [0.4, 0.5) is 5.69 Å². The maximum absolute atomic E-state index is 13.1. The zero-order chi connectivity index (χ0) is 22.1. The number of pyridine rings is 1. The predicted molar refractivity (Wildman–Crippen MR) is 123 cm³/mol. The summed E-state index contributed by atoms with van der Waals surface area (Å²) in [6.07, 6.45) is 2.59. The Hall–Kier alpha value is -2.34. The minimum absolute atomic E-state index is 0.195. The van der Waals surface area contributed by atoms with Gasteiger partial charge in [0, 0.05) is 16.1 Å². The first-order chi connectivity index (χ1) is 14.8. The Kier molecular flexibility index (Phi) is 6.37. The van der Waals surface area contributed by atoms with E-state index in [4.69, 9.17) is 44.5 Å². The molecule has 0 saturated heterocycles. The summed E-state index contributed by atoms with van der Waals surface area (Å²) < 4.78 is 5.38. The molecule has 0 saturated carbocycles. The first kappa shape index (κ1) is 21.9. The second-order valence-corrected chi connectivity index (χ2v) is 8.90. The molecule has 160 valence electrons. The van der Waals surface area contributed by atoms with Crippen molar-refractivity contribution in [3.63, 3.8) is 0 Å². The Labute approximate surface area is 194 Å². The lowest BCUT2D eigenvalue weighted by atomic mass is 9.84. The van der Waals surface area contributed by atoms with Crippen LogP contribution in [-0.4, -0.2) is 23.5 Å². The average Bonchev–Trinajstić information content (AvgIpc) is 2.73. The van der Waals surface area contributed by atoms with Crippen molar-refractivity contribution in [3.05, 3.63) is 68.3 Å². The van der Waals surface area contributed by atoms with E-state index in [0.29, 0.717) is 16.5 Å². The van der Waals surface area contributed by atoms with E-state index >= 15 is 0 Å². The summed E-state index contributed by atoms with van der Waals surface area (Å²) >= 11 is 18.1. The molecule has 1 atom stereocenters. The molecule has 1 N–H and O–H groups in total. The van der Waals surface area contributed by atoms with E-state index in [2.05, 4.69) is 12.2 Å². The molecule has 2 aromatic carbocycles. The maximum atomic E-state index is 13.1. The van der Waals surface area contributed by atoms with Gasteiger partial charge < -0.3 is 10.1 Å². The van der Waals surface area contributed by atoms with Crippen LogP contribution in [0.2, 0.25) is 15.1 Å². The lowest BCUT2D eigenvalue weighted by Gasteiger charge is -2.24. The number of esters is 1. The van der Waals surface area contributed by atoms with E-state index in [1.54, 1.807) is 0 Å². The third-order valence-corrected chi connectivity index (χ3v) is 6.13. The van der Waals surface area contributed by atoms with Gasteiger partial charge in [-0.2, -0.15) is 0 Å². The molecule has 3 aromatic rings. The Morgan fingerprint density at radius 3 is 2.61 bits per heavy atom. The molecular weight excluding hydrogens is 459 g/mol. The number of anilines is 1. The molecule has 1 aromatic heterocycles. The van der Waals surface area contributed by atoms with Gasteiger partial charge in [0.25, 0.3) is 5.91 Å². The van der Waals surface area contributed by atoms with Crippen molar-refractivity contribution < 1.29 is 14.3 Å². The molecule has 1 heterocycles. The lowest BCUT2D eigenvalue weighted by Crippen LogP contribution is -2.24. The van der Waals surface area contributed by atoms with Gasteiger partial charge in [0.05, 0.1) is 26.8 Å². The molecule has 1 aliphatic carbocycles. The number of nitrogens with one attached hydrogen (secondary N) is 1. The molecule has 1 aliphatic rings. The number of benzene rings is 2. The van der Waals surface area contributed by atoms with E-state index in [0.717, 1.165) is 41.4 Å². The molecule has 0 spiro atoms. The van der Waals surface area contributed by atoms with Crippen molar-refractivity contribution in [2.45, 2.75) is 26.2 Å². The van der Waals surface area contributed by atoms with Crippen molar-refractivity contribution in [1.29, 1.82) is 0 Å². The zero-order valence-electron chi connectivity index (χ0n) is 16.7. The van der Waals surface area contributed by atoms with E-state index in [1.807, 2.05) is 24.3 Å². The van der Waals surface area contributed by atoms with Crippen LogP contribution in [-0.2, 0) is 22.4 Å². The normalized spacial score (nSPS) is 15.4. The van der Waals surface area contributed by atoms with Gasteiger partial charge in [0.2, 0.25) is 0 Å². The number of amides is 1. The molecule has 0 fully saturated rings. The highest BCUT2D eigenvalue weighted by atomic mass is 35.5. The van der Waals surface area contributed by atoms with Gasteiger partial charge in [0.1, 0.15) is 0 Å². The number of hydrogen-bond donors (Lipinski definition) is 1. The molecule has 31 heavy (non-hydrogen) atoms. The van der Waals surface area contributed by atoms with Gasteiger partial charge in [-0.1, -0.05) is 59.9 Å². The molecule has 1 unspecified atom stereocenters. The summed E-state index contributed by atoms with van der Waals surface area (Å²) in [5.74, 6) is -0.660. The van der Waals surface area contributed by atoms with Crippen LogP contribution in [0.1, 0.15) is 35.0 Å². The van der Waals surface area contributed by atoms with Gasteiger partial charge in [0.15, 0.2) is 6.61 Å². The number of hydrogen-bond acceptors (Lipinski definition) is 4. The van der Waals surface area contributed by atoms with Crippen LogP contribution in [0.3, 0.4) is 0 Å². The number of fused-ring (bicyclic) bond motifs is 2. The number of carbonyl (C=O) groups is 2. The molecule has 0 bridgehead atoms. The lowest BCUT2D eigenvalue weighted by molar-refractivity contribution is -0.119. The Morgan fingerprint density at radius 1 is 1.16 bits per heavy atom. The molecule has 4 rings (SSSR count). The standard InChI is InChI=1S/C23H19Cl3N2O3/c1-12-6-7-19-15(8-12)21(14-4-2-3-5-18(14)27-19)23(30)31-11-20(29)28-22-16(25)9-13(24)10-17(22)26/h2-5,9-10,12H,6-8,11H2,1H3,(H,28,29). The van der Waals surface area contributed by atoms with Crippen LogP contribution in [0, 0.1) is 5.92 Å². The third-order valence-electron chi connectivity index (χ3n) is 5.32. The average molecular weight is 478 g/mol. The Bertz CT molecular complexity index is 1170. The van der Waals surface area contributed by atoms with Gasteiger partial charge in [-0.15, -0.1) is 0 Å². The Balaban J connectivity index is 1.57. The van der Waals surface area contributed by atoms with Gasteiger partial charge in [-0.3, -0.25) is 9.78 Å². The van der Waals surface area contributed by atoms with Crippen LogP contribution >= 0.6 is 34.8 Å². The summed E-state index contributed by atoms with van der Waals surface area (Å²) in [5.41, 5.74) is 3.28. The fraction of sp³-hybridized carbons (Fsp3) is 0.261. The molecular formula is C23H19Cl3N2O3. The summed E-state index contributed by atoms with van der Waals surface area (Å²) in [7, 11) is 0. The predicted octanol–water partition coefficient (Wildman–Crippen LogP) is 6.12. The molecule has 1 amide bonds. The molecule has 5 nitrogen and oxygen atoms in total. The fourth-order valence-electron chi connectivity index (χ4n) is 3.84. The minimum Gasteiger partial charge on any atom is -0.452 e. The van der Waals surface area contributed by atoms with Crippen molar-refractivity contribution >= 4 is 63.3 Å². The SMILES string of the molecule is CC1CCc2nc3ccccc3c(C(=O)OCC(=O)Nc3c(Cl)cc(Cl)cc3Cl)c2C1.